The van der Waals surface area contributed by atoms with Crippen molar-refractivity contribution in [2.24, 2.45) is 0 Å². The summed E-state index contributed by atoms with van der Waals surface area (Å²) in [6, 6.07) is 10.1. The van der Waals surface area contributed by atoms with E-state index in [2.05, 4.69) is 5.10 Å². The van der Waals surface area contributed by atoms with Crippen molar-refractivity contribution in [1.82, 2.24) is 9.78 Å². The highest BCUT2D eigenvalue weighted by atomic mass is 35.5. The van der Waals surface area contributed by atoms with Gasteiger partial charge in [-0.2, -0.15) is 5.10 Å². The van der Waals surface area contributed by atoms with Crippen LogP contribution in [-0.2, 0) is 17.9 Å². The lowest BCUT2D eigenvalue weighted by atomic mass is 10.2. The molecule has 1 aromatic carbocycles. The van der Waals surface area contributed by atoms with Gasteiger partial charge in [0.25, 0.3) is 0 Å². The number of esters is 1. The number of hydrogen-bond donors (Lipinski definition) is 0. The van der Waals surface area contributed by atoms with Crippen molar-refractivity contribution >= 4 is 29.2 Å². The first-order chi connectivity index (χ1) is 11.1. The zero-order chi connectivity index (χ0) is 16.2. The molecule has 0 unspecified atom stereocenters. The number of halogens is 2. The lowest BCUT2D eigenvalue weighted by molar-refractivity contribution is 0.0434. The Labute approximate surface area is 142 Å². The topological polar surface area (TPSA) is 57.3 Å². The number of benzene rings is 1. The van der Waals surface area contributed by atoms with Crippen LogP contribution in [0.3, 0.4) is 0 Å². The van der Waals surface area contributed by atoms with E-state index >= 15 is 0 Å². The van der Waals surface area contributed by atoms with E-state index in [4.69, 9.17) is 32.4 Å². The maximum absolute atomic E-state index is 12.0. The molecule has 0 atom stereocenters. The average molecular weight is 351 g/mol. The number of hydrogen-bond acceptors (Lipinski definition) is 4. The van der Waals surface area contributed by atoms with Crippen LogP contribution in [0.1, 0.15) is 21.9 Å². The standard InChI is InChI=1S/C16H12Cl2N2O3/c17-12-3-2-11(14(18)8-12)10-22-16(21)15-5-4-13(23-15)9-20-7-1-6-19-20/h1-8H,9-10H2. The van der Waals surface area contributed by atoms with E-state index in [1.807, 2.05) is 12.3 Å². The van der Waals surface area contributed by atoms with Crippen molar-refractivity contribution in [2.75, 3.05) is 0 Å². The first-order valence-corrected chi connectivity index (χ1v) is 7.54. The third kappa shape index (κ3) is 3.94. The Morgan fingerprint density at radius 3 is 2.87 bits per heavy atom. The molecule has 0 aliphatic rings. The van der Waals surface area contributed by atoms with E-state index in [1.165, 1.54) is 0 Å². The fourth-order valence-corrected chi connectivity index (χ4v) is 2.44. The van der Waals surface area contributed by atoms with Gasteiger partial charge in [-0.15, -0.1) is 0 Å². The molecule has 3 aromatic rings. The molecule has 7 heteroatoms. The van der Waals surface area contributed by atoms with Gasteiger partial charge in [0.15, 0.2) is 0 Å². The summed E-state index contributed by atoms with van der Waals surface area (Å²) in [4.78, 5) is 12.0. The highest BCUT2D eigenvalue weighted by Crippen LogP contribution is 2.22. The fourth-order valence-electron chi connectivity index (χ4n) is 1.98. The van der Waals surface area contributed by atoms with Crippen molar-refractivity contribution in [3.63, 3.8) is 0 Å². The van der Waals surface area contributed by atoms with Gasteiger partial charge in [-0.1, -0.05) is 29.3 Å². The van der Waals surface area contributed by atoms with Crippen LogP contribution in [0.4, 0.5) is 0 Å². The second-order valence-corrected chi connectivity index (χ2v) is 5.63. The molecule has 0 spiro atoms. The predicted octanol–water partition coefficient (Wildman–Crippen LogP) is 4.19. The van der Waals surface area contributed by atoms with Gasteiger partial charge in [0, 0.05) is 28.0 Å². The molecule has 5 nitrogen and oxygen atoms in total. The van der Waals surface area contributed by atoms with Crippen LogP contribution in [0.15, 0.2) is 53.2 Å². The van der Waals surface area contributed by atoms with E-state index < -0.39 is 5.97 Å². The van der Waals surface area contributed by atoms with E-state index in [-0.39, 0.29) is 12.4 Å². The molecule has 0 bridgehead atoms. The Bertz CT molecular complexity index is 813. The highest BCUT2D eigenvalue weighted by Gasteiger charge is 2.14. The summed E-state index contributed by atoms with van der Waals surface area (Å²) in [5.74, 6) is 0.199. The first kappa shape index (κ1) is 15.6. The van der Waals surface area contributed by atoms with Gasteiger partial charge in [-0.05, 0) is 30.3 Å². The van der Waals surface area contributed by atoms with Gasteiger partial charge >= 0.3 is 5.97 Å². The molecule has 3 rings (SSSR count). The lowest BCUT2D eigenvalue weighted by Gasteiger charge is -2.05. The Morgan fingerprint density at radius 2 is 2.13 bits per heavy atom. The molecule has 0 fully saturated rings. The van der Waals surface area contributed by atoms with Crippen LogP contribution in [0.25, 0.3) is 0 Å². The quantitative estimate of drug-likeness (QED) is 0.647. The van der Waals surface area contributed by atoms with E-state index in [0.29, 0.717) is 27.9 Å². The number of rotatable bonds is 5. The summed E-state index contributed by atoms with van der Waals surface area (Å²) >= 11 is 11.9. The summed E-state index contributed by atoms with van der Waals surface area (Å²) in [7, 11) is 0. The molecule has 0 saturated heterocycles. The van der Waals surface area contributed by atoms with E-state index in [1.54, 1.807) is 41.2 Å². The van der Waals surface area contributed by atoms with Crippen LogP contribution in [0, 0.1) is 0 Å². The highest BCUT2D eigenvalue weighted by molar-refractivity contribution is 6.35. The van der Waals surface area contributed by atoms with Gasteiger partial charge in [-0.25, -0.2) is 4.79 Å². The van der Waals surface area contributed by atoms with Crippen LogP contribution < -0.4 is 0 Å². The zero-order valence-corrected chi connectivity index (χ0v) is 13.4. The van der Waals surface area contributed by atoms with E-state index in [9.17, 15) is 4.79 Å². The summed E-state index contributed by atoms with van der Waals surface area (Å²) in [6.45, 7) is 0.493. The van der Waals surface area contributed by atoms with E-state index in [0.717, 1.165) is 0 Å². The number of ether oxygens (including phenoxy) is 1. The van der Waals surface area contributed by atoms with Crippen molar-refractivity contribution in [1.29, 1.82) is 0 Å². The molecule has 0 saturated carbocycles. The molecule has 0 radical (unpaired) electrons. The van der Waals surface area contributed by atoms with Gasteiger partial charge in [0.05, 0.1) is 6.54 Å². The van der Waals surface area contributed by atoms with Crippen LogP contribution >= 0.6 is 23.2 Å². The van der Waals surface area contributed by atoms with Crippen molar-refractivity contribution in [3.05, 3.63) is 75.9 Å². The average Bonchev–Trinajstić information content (AvgIpc) is 3.18. The second-order valence-electron chi connectivity index (χ2n) is 4.78. The van der Waals surface area contributed by atoms with Crippen molar-refractivity contribution in [3.8, 4) is 0 Å². The lowest BCUT2D eigenvalue weighted by Crippen LogP contribution is -2.04. The Balaban J connectivity index is 1.61. The van der Waals surface area contributed by atoms with Crippen LogP contribution in [0.5, 0.6) is 0 Å². The predicted molar refractivity (Wildman–Crippen MR) is 85.6 cm³/mol. The summed E-state index contributed by atoms with van der Waals surface area (Å²) < 4.78 is 12.4. The number of nitrogens with zero attached hydrogens (tertiary/aromatic N) is 2. The SMILES string of the molecule is O=C(OCc1ccc(Cl)cc1Cl)c1ccc(Cn2cccn2)o1. The van der Waals surface area contributed by atoms with Crippen LogP contribution in [-0.4, -0.2) is 15.7 Å². The van der Waals surface area contributed by atoms with Crippen molar-refractivity contribution in [2.45, 2.75) is 13.2 Å². The maximum Gasteiger partial charge on any atom is 0.374 e. The molecular formula is C16H12Cl2N2O3. The largest absolute Gasteiger partial charge is 0.455 e. The summed E-state index contributed by atoms with van der Waals surface area (Å²) in [6.07, 6.45) is 3.48. The van der Waals surface area contributed by atoms with Gasteiger partial charge in [0.1, 0.15) is 12.4 Å². The summed E-state index contributed by atoms with van der Waals surface area (Å²) in [5, 5.41) is 5.05. The Kier molecular flexibility index (Phi) is 4.69. The van der Waals surface area contributed by atoms with Gasteiger partial charge < -0.3 is 9.15 Å². The molecule has 2 aromatic heterocycles. The van der Waals surface area contributed by atoms with Crippen LogP contribution in [0.2, 0.25) is 10.0 Å². The molecule has 0 aliphatic heterocycles. The zero-order valence-electron chi connectivity index (χ0n) is 11.9. The normalized spacial score (nSPS) is 10.7. The molecule has 23 heavy (non-hydrogen) atoms. The summed E-state index contributed by atoms with van der Waals surface area (Å²) in [5.41, 5.74) is 0.674. The number of furan rings is 1. The van der Waals surface area contributed by atoms with Crippen molar-refractivity contribution < 1.29 is 13.9 Å². The fraction of sp³-hybridized carbons (Fsp3) is 0.125. The Hall–Kier alpha value is -2.24. The number of carbonyl (C=O) groups excluding carboxylic acids is 1. The minimum Gasteiger partial charge on any atom is -0.455 e. The molecular weight excluding hydrogens is 339 g/mol. The molecule has 0 N–H and O–H groups in total. The Morgan fingerprint density at radius 1 is 1.26 bits per heavy atom. The molecule has 118 valence electrons. The van der Waals surface area contributed by atoms with Gasteiger partial charge in [0.2, 0.25) is 5.76 Å². The monoisotopic (exact) mass is 350 g/mol. The second kappa shape index (κ2) is 6.89. The molecule has 0 aliphatic carbocycles. The number of carbonyl (C=O) groups is 1. The third-order valence-electron chi connectivity index (χ3n) is 3.11. The maximum atomic E-state index is 12.0. The number of aromatic nitrogens is 2. The first-order valence-electron chi connectivity index (χ1n) is 6.79. The minimum absolute atomic E-state index is 0.0457. The smallest absolute Gasteiger partial charge is 0.374 e. The van der Waals surface area contributed by atoms with Gasteiger partial charge in [-0.3, -0.25) is 4.68 Å². The minimum atomic E-state index is -0.553. The molecule has 2 heterocycles. The molecule has 0 amide bonds. The third-order valence-corrected chi connectivity index (χ3v) is 3.70.